The van der Waals surface area contributed by atoms with Gasteiger partial charge in [0.15, 0.2) is 5.13 Å². The summed E-state index contributed by atoms with van der Waals surface area (Å²) in [6, 6.07) is 0.0877. The topological polar surface area (TPSA) is 100 Å². The Labute approximate surface area is 174 Å². The Kier molecular flexibility index (Phi) is 7.40. The van der Waals surface area contributed by atoms with Crippen LogP contribution in [0, 0.1) is 0 Å². The van der Waals surface area contributed by atoms with Crippen LogP contribution in [0.3, 0.4) is 0 Å². The summed E-state index contributed by atoms with van der Waals surface area (Å²) < 4.78 is 2.12. The number of hydrogen-bond donors (Lipinski definition) is 2. The van der Waals surface area contributed by atoms with Gasteiger partial charge in [0, 0.05) is 49.9 Å². The quantitative estimate of drug-likeness (QED) is 0.586. The molecule has 2 aromatic rings. The number of allylic oxidation sites excluding steroid dienone is 1. The van der Waals surface area contributed by atoms with Crippen LogP contribution in [0.5, 0.6) is 0 Å². The second kappa shape index (κ2) is 10.2. The maximum Gasteiger partial charge on any atom is 0.290 e. The van der Waals surface area contributed by atoms with Gasteiger partial charge in [0.1, 0.15) is 11.5 Å². The average molecular weight is 418 g/mol. The lowest BCUT2D eigenvalue weighted by molar-refractivity contribution is -0.122. The molecule has 0 saturated carbocycles. The maximum absolute atomic E-state index is 12.6. The first-order chi connectivity index (χ1) is 14.1. The molecule has 0 bridgehead atoms. The van der Waals surface area contributed by atoms with Crippen molar-refractivity contribution in [3.8, 4) is 0 Å². The Hall–Kier alpha value is -2.68. The fraction of sp³-hybridized carbons (Fsp3) is 0.500. The predicted octanol–water partition coefficient (Wildman–Crippen LogP) is 2.72. The molecule has 2 N–H and O–H groups in total. The third-order valence-electron chi connectivity index (χ3n) is 5.23. The van der Waals surface area contributed by atoms with Crippen molar-refractivity contribution in [2.24, 2.45) is 0 Å². The van der Waals surface area contributed by atoms with Crippen LogP contribution in [0.25, 0.3) is 0 Å². The zero-order valence-corrected chi connectivity index (χ0v) is 17.4. The minimum atomic E-state index is -0.250. The first-order valence-electron chi connectivity index (χ1n) is 9.90. The van der Waals surface area contributed by atoms with Crippen molar-refractivity contribution in [1.82, 2.24) is 19.9 Å². The standard InChI is InChI=1S/C19H25N5OS.CH2O2/c1-14(15-5-3-2-4-6-15)21-18(25)16-13-24-11-10-23(9-7-17(24)22-16)19-20-8-12-26-19;2-1-3/h5,8,12-14H,2-4,6-7,9-11H2,1H3,(H,21,25);1H,(H,2,3). The van der Waals surface area contributed by atoms with Gasteiger partial charge in [-0.3, -0.25) is 9.59 Å². The summed E-state index contributed by atoms with van der Waals surface area (Å²) in [4.78, 5) is 32.3. The number of fused-ring (bicyclic) bond motifs is 1. The van der Waals surface area contributed by atoms with E-state index in [4.69, 9.17) is 9.90 Å². The SMILES string of the molecule is CC(NC(=O)c1cn2c(n1)CCN(c1nccs1)CC2)C1=CCCCC1.O=CO. The molecule has 1 aliphatic heterocycles. The van der Waals surface area contributed by atoms with Crippen molar-refractivity contribution in [2.45, 2.75) is 51.6 Å². The van der Waals surface area contributed by atoms with Gasteiger partial charge in [0.25, 0.3) is 12.4 Å². The molecular formula is C20H27N5O3S. The van der Waals surface area contributed by atoms with Crippen LogP contribution in [-0.2, 0) is 17.8 Å². The monoisotopic (exact) mass is 417 g/mol. The molecule has 0 radical (unpaired) electrons. The highest BCUT2D eigenvalue weighted by molar-refractivity contribution is 7.13. The second-order valence-corrected chi connectivity index (χ2v) is 7.99. The molecule has 4 rings (SSSR count). The number of aromatic nitrogens is 3. The highest BCUT2D eigenvalue weighted by Crippen LogP contribution is 2.22. The smallest absolute Gasteiger partial charge is 0.290 e. The molecule has 1 unspecified atom stereocenters. The first kappa shape index (κ1) is 21.0. The van der Waals surface area contributed by atoms with E-state index < -0.39 is 0 Å². The van der Waals surface area contributed by atoms with E-state index in [1.807, 2.05) is 17.8 Å². The number of carbonyl (C=O) groups excluding carboxylic acids is 1. The molecule has 8 nitrogen and oxygen atoms in total. The molecule has 0 aromatic carbocycles. The Morgan fingerprint density at radius 1 is 1.31 bits per heavy atom. The molecule has 0 fully saturated rings. The minimum Gasteiger partial charge on any atom is -0.483 e. The lowest BCUT2D eigenvalue weighted by Gasteiger charge is -2.20. The van der Waals surface area contributed by atoms with Gasteiger partial charge >= 0.3 is 0 Å². The fourth-order valence-corrected chi connectivity index (χ4v) is 4.41. The first-order valence-corrected chi connectivity index (χ1v) is 10.8. The summed E-state index contributed by atoms with van der Waals surface area (Å²) in [6.07, 6.45) is 11.6. The van der Waals surface area contributed by atoms with Gasteiger partial charge in [-0.1, -0.05) is 11.6 Å². The molecule has 1 amide bonds. The van der Waals surface area contributed by atoms with Crippen LogP contribution in [0.4, 0.5) is 5.13 Å². The Morgan fingerprint density at radius 3 is 2.83 bits per heavy atom. The predicted molar refractivity (Wildman–Crippen MR) is 112 cm³/mol. The number of nitrogens with zero attached hydrogens (tertiary/aromatic N) is 4. The lowest BCUT2D eigenvalue weighted by atomic mass is 9.95. The number of carboxylic acid groups (broad SMARTS) is 1. The number of amides is 1. The van der Waals surface area contributed by atoms with Crippen molar-refractivity contribution >= 4 is 28.8 Å². The van der Waals surface area contributed by atoms with Crippen molar-refractivity contribution in [3.63, 3.8) is 0 Å². The van der Waals surface area contributed by atoms with Crippen molar-refractivity contribution < 1.29 is 14.7 Å². The largest absolute Gasteiger partial charge is 0.483 e. The molecule has 2 aromatic heterocycles. The molecule has 1 atom stereocenters. The summed E-state index contributed by atoms with van der Waals surface area (Å²) in [7, 11) is 0. The van der Waals surface area contributed by atoms with E-state index in [2.05, 4.69) is 37.8 Å². The number of nitrogens with one attached hydrogen (secondary N) is 1. The number of anilines is 1. The molecule has 3 heterocycles. The molecular weight excluding hydrogens is 390 g/mol. The van der Waals surface area contributed by atoms with Gasteiger partial charge in [-0.2, -0.15) is 0 Å². The van der Waals surface area contributed by atoms with E-state index in [0.717, 1.165) is 49.9 Å². The molecule has 156 valence electrons. The maximum atomic E-state index is 12.6. The molecule has 2 aliphatic rings. The van der Waals surface area contributed by atoms with Gasteiger partial charge in [-0.05, 0) is 32.6 Å². The number of hydrogen-bond acceptors (Lipinski definition) is 6. The third-order valence-corrected chi connectivity index (χ3v) is 6.06. The zero-order chi connectivity index (χ0) is 20.6. The summed E-state index contributed by atoms with van der Waals surface area (Å²) in [5, 5.41) is 13.1. The van der Waals surface area contributed by atoms with E-state index in [1.54, 1.807) is 11.3 Å². The van der Waals surface area contributed by atoms with Crippen LogP contribution in [-0.4, -0.2) is 51.2 Å². The van der Waals surface area contributed by atoms with E-state index in [1.165, 1.54) is 18.4 Å². The van der Waals surface area contributed by atoms with Gasteiger partial charge in [-0.25, -0.2) is 9.97 Å². The van der Waals surface area contributed by atoms with Gasteiger partial charge in [0.2, 0.25) is 0 Å². The van der Waals surface area contributed by atoms with Crippen LogP contribution < -0.4 is 10.2 Å². The van der Waals surface area contributed by atoms with Crippen LogP contribution in [0.2, 0.25) is 0 Å². The van der Waals surface area contributed by atoms with Crippen LogP contribution in [0.15, 0.2) is 29.4 Å². The van der Waals surface area contributed by atoms with E-state index >= 15 is 0 Å². The molecule has 1 aliphatic carbocycles. The molecule has 9 heteroatoms. The van der Waals surface area contributed by atoms with Crippen LogP contribution >= 0.6 is 11.3 Å². The number of carbonyl (C=O) groups is 2. The van der Waals surface area contributed by atoms with Crippen molar-refractivity contribution in [2.75, 3.05) is 18.0 Å². The number of thiazole rings is 1. The summed E-state index contributed by atoms with van der Waals surface area (Å²) in [5.41, 5.74) is 1.88. The fourth-order valence-electron chi connectivity index (χ4n) is 3.71. The van der Waals surface area contributed by atoms with E-state index in [0.29, 0.717) is 5.69 Å². The highest BCUT2D eigenvalue weighted by Gasteiger charge is 2.21. The summed E-state index contributed by atoms with van der Waals surface area (Å²) in [6.45, 7) is 4.42. The van der Waals surface area contributed by atoms with Crippen LogP contribution in [0.1, 0.15) is 48.9 Å². The number of imidazole rings is 1. The Morgan fingerprint density at radius 2 is 2.14 bits per heavy atom. The third kappa shape index (κ3) is 5.44. The van der Waals surface area contributed by atoms with Gasteiger partial charge < -0.3 is 19.9 Å². The highest BCUT2D eigenvalue weighted by atomic mass is 32.1. The van der Waals surface area contributed by atoms with E-state index in [9.17, 15) is 4.79 Å². The summed E-state index contributed by atoms with van der Waals surface area (Å²) >= 11 is 1.66. The average Bonchev–Trinajstić information content (AvgIpc) is 3.36. The normalized spacial score (nSPS) is 17.1. The Bertz CT molecular complexity index is 821. The van der Waals surface area contributed by atoms with Gasteiger partial charge in [-0.15, -0.1) is 11.3 Å². The number of rotatable bonds is 4. The van der Waals surface area contributed by atoms with Crippen molar-refractivity contribution in [3.05, 3.63) is 40.9 Å². The summed E-state index contributed by atoms with van der Waals surface area (Å²) in [5.74, 6) is 0.917. The zero-order valence-electron chi connectivity index (χ0n) is 16.6. The second-order valence-electron chi connectivity index (χ2n) is 7.11. The molecule has 29 heavy (non-hydrogen) atoms. The Balaban J connectivity index is 0.000000755. The van der Waals surface area contributed by atoms with E-state index in [-0.39, 0.29) is 18.4 Å². The minimum absolute atomic E-state index is 0.0682. The lowest BCUT2D eigenvalue weighted by Crippen LogP contribution is -2.34. The molecule has 0 saturated heterocycles. The van der Waals surface area contributed by atoms with Gasteiger partial charge in [0.05, 0.1) is 0 Å². The molecule has 0 spiro atoms. The van der Waals surface area contributed by atoms with Crippen molar-refractivity contribution in [1.29, 1.82) is 0 Å².